The highest BCUT2D eigenvalue weighted by molar-refractivity contribution is 14.1. The maximum absolute atomic E-state index is 5.51. The second kappa shape index (κ2) is 4.04. The Hall–Kier alpha value is -0.970. The molecule has 0 aliphatic carbocycles. The third-order valence-corrected chi connectivity index (χ3v) is 2.61. The molecule has 0 spiro atoms. The van der Waals surface area contributed by atoms with Gasteiger partial charge in [0.1, 0.15) is 0 Å². The lowest BCUT2D eigenvalue weighted by Crippen LogP contribution is -2.07. The first-order valence-corrected chi connectivity index (χ1v) is 5.39. The number of hydrogen-bond acceptors (Lipinski definition) is 2. The Morgan fingerprint density at radius 3 is 2.36 bits per heavy atom. The Labute approximate surface area is 96.7 Å². The number of nitrogens with zero attached hydrogens (tertiary/aromatic N) is 1. The molecule has 1 aromatic heterocycles. The zero-order chi connectivity index (χ0) is 9.97. The fourth-order valence-corrected chi connectivity index (χ4v) is 1.67. The van der Waals surface area contributed by atoms with Crippen molar-refractivity contribution in [2.24, 2.45) is 0 Å². The highest BCUT2D eigenvalue weighted by Crippen LogP contribution is 2.25. The van der Waals surface area contributed by atoms with E-state index in [4.69, 9.17) is 4.42 Å². The minimum atomic E-state index is 0.862. The van der Waals surface area contributed by atoms with Gasteiger partial charge in [-0.25, -0.2) is 0 Å². The summed E-state index contributed by atoms with van der Waals surface area (Å²) < 4.78 is 6.42. The van der Waals surface area contributed by atoms with Crippen molar-refractivity contribution in [2.45, 2.75) is 0 Å². The number of furan rings is 1. The first-order valence-electron chi connectivity index (χ1n) is 4.31. The molecule has 14 heavy (non-hydrogen) atoms. The van der Waals surface area contributed by atoms with E-state index in [0.717, 1.165) is 15.3 Å². The van der Waals surface area contributed by atoms with Gasteiger partial charge in [-0.05, 0) is 40.8 Å². The molecule has 0 fully saturated rings. The Morgan fingerprint density at radius 2 is 1.79 bits per heavy atom. The Morgan fingerprint density at radius 1 is 1.07 bits per heavy atom. The molecule has 0 unspecified atom stereocenters. The highest BCUT2D eigenvalue weighted by atomic mass is 127. The maximum atomic E-state index is 5.51. The molecule has 2 rings (SSSR count). The monoisotopic (exact) mass is 299 g/mol. The van der Waals surface area contributed by atoms with Crippen LogP contribution in [0.25, 0.3) is 0 Å². The molecular formula is C11H10INO. The summed E-state index contributed by atoms with van der Waals surface area (Å²) in [7, 11) is 1.99. The molecule has 0 aliphatic heterocycles. The minimum Gasteiger partial charge on any atom is -0.435 e. The average molecular weight is 299 g/mol. The van der Waals surface area contributed by atoms with Crippen LogP contribution in [0, 0.1) is 3.77 Å². The van der Waals surface area contributed by atoms with Gasteiger partial charge in [0.2, 0.25) is 5.88 Å². The van der Waals surface area contributed by atoms with Crippen molar-refractivity contribution >= 4 is 34.2 Å². The molecule has 0 saturated carbocycles. The van der Waals surface area contributed by atoms with Crippen LogP contribution in [0.15, 0.2) is 46.9 Å². The summed E-state index contributed by atoms with van der Waals surface area (Å²) >= 11 is 2.16. The topological polar surface area (TPSA) is 16.4 Å². The number of para-hydroxylation sites is 1. The van der Waals surface area contributed by atoms with Gasteiger partial charge in [-0.2, -0.15) is 0 Å². The van der Waals surface area contributed by atoms with Gasteiger partial charge in [0, 0.05) is 18.8 Å². The molecule has 0 saturated heterocycles. The minimum absolute atomic E-state index is 0.862. The molecule has 0 atom stereocenters. The van der Waals surface area contributed by atoms with Crippen LogP contribution in [0.4, 0.5) is 11.6 Å². The predicted octanol–water partition coefficient (Wildman–Crippen LogP) is 3.65. The van der Waals surface area contributed by atoms with Crippen molar-refractivity contribution in [3.05, 3.63) is 46.2 Å². The van der Waals surface area contributed by atoms with E-state index in [1.54, 1.807) is 0 Å². The van der Waals surface area contributed by atoms with E-state index >= 15 is 0 Å². The summed E-state index contributed by atoms with van der Waals surface area (Å²) in [6, 6.07) is 14.1. The van der Waals surface area contributed by atoms with Crippen LogP contribution in [0.3, 0.4) is 0 Å². The van der Waals surface area contributed by atoms with E-state index in [-0.39, 0.29) is 0 Å². The molecule has 72 valence electrons. The molecule has 2 nitrogen and oxygen atoms in total. The number of rotatable bonds is 2. The summed E-state index contributed by atoms with van der Waals surface area (Å²) in [6.45, 7) is 0. The first kappa shape index (κ1) is 9.58. The standard InChI is InChI=1S/C11H10INO/c1-13(9-5-3-2-4-6-9)11-8-7-10(12)14-11/h2-8H,1H3. The van der Waals surface area contributed by atoms with Crippen LogP contribution in [-0.4, -0.2) is 7.05 Å². The van der Waals surface area contributed by atoms with Crippen molar-refractivity contribution in [1.29, 1.82) is 0 Å². The summed E-state index contributed by atoms with van der Waals surface area (Å²) in [4.78, 5) is 2.02. The molecule has 0 N–H and O–H groups in total. The van der Waals surface area contributed by atoms with E-state index in [9.17, 15) is 0 Å². The number of hydrogen-bond donors (Lipinski definition) is 0. The second-order valence-electron chi connectivity index (χ2n) is 2.97. The molecule has 0 radical (unpaired) electrons. The first-order chi connectivity index (χ1) is 6.77. The number of benzene rings is 1. The number of halogens is 1. The van der Waals surface area contributed by atoms with E-state index in [2.05, 4.69) is 34.7 Å². The van der Waals surface area contributed by atoms with Crippen LogP contribution in [0.1, 0.15) is 0 Å². The van der Waals surface area contributed by atoms with Gasteiger partial charge in [-0.1, -0.05) is 18.2 Å². The van der Waals surface area contributed by atoms with Gasteiger partial charge < -0.3 is 9.32 Å². The van der Waals surface area contributed by atoms with E-state index in [1.807, 2.05) is 42.3 Å². The average Bonchev–Trinajstić information content (AvgIpc) is 2.65. The molecule has 0 aliphatic rings. The van der Waals surface area contributed by atoms with Gasteiger partial charge in [-0.3, -0.25) is 0 Å². The third-order valence-electron chi connectivity index (χ3n) is 2.03. The van der Waals surface area contributed by atoms with Crippen molar-refractivity contribution in [3.63, 3.8) is 0 Å². The molecule has 3 heteroatoms. The number of anilines is 2. The normalized spacial score (nSPS) is 10.1. The van der Waals surface area contributed by atoms with E-state index < -0.39 is 0 Å². The Kier molecular flexibility index (Phi) is 2.77. The lowest BCUT2D eigenvalue weighted by molar-refractivity contribution is 0.542. The Bertz CT molecular complexity index is 410. The van der Waals surface area contributed by atoms with Gasteiger partial charge >= 0.3 is 0 Å². The van der Waals surface area contributed by atoms with Crippen molar-refractivity contribution < 1.29 is 4.42 Å². The zero-order valence-electron chi connectivity index (χ0n) is 7.77. The van der Waals surface area contributed by atoms with Crippen molar-refractivity contribution in [1.82, 2.24) is 0 Å². The highest BCUT2D eigenvalue weighted by Gasteiger charge is 2.06. The maximum Gasteiger partial charge on any atom is 0.201 e. The summed E-state index contributed by atoms with van der Waals surface area (Å²) in [5, 5.41) is 0. The molecule has 0 amide bonds. The van der Waals surface area contributed by atoms with E-state index in [0.29, 0.717) is 0 Å². The largest absolute Gasteiger partial charge is 0.435 e. The summed E-state index contributed by atoms with van der Waals surface area (Å²) in [6.07, 6.45) is 0. The quantitative estimate of drug-likeness (QED) is 0.787. The van der Waals surface area contributed by atoms with Crippen molar-refractivity contribution in [2.75, 3.05) is 11.9 Å². The fourth-order valence-electron chi connectivity index (χ4n) is 1.26. The van der Waals surface area contributed by atoms with Crippen molar-refractivity contribution in [3.8, 4) is 0 Å². The SMILES string of the molecule is CN(c1ccccc1)c1ccc(I)o1. The van der Waals surface area contributed by atoms with Crippen LogP contribution in [0.5, 0.6) is 0 Å². The molecule has 0 bridgehead atoms. The lowest BCUT2D eigenvalue weighted by atomic mass is 10.3. The molecular weight excluding hydrogens is 289 g/mol. The van der Waals surface area contributed by atoms with Gasteiger partial charge in [-0.15, -0.1) is 0 Å². The van der Waals surface area contributed by atoms with Crippen LogP contribution < -0.4 is 4.90 Å². The van der Waals surface area contributed by atoms with Crippen LogP contribution >= 0.6 is 22.6 Å². The Balaban J connectivity index is 2.29. The molecule has 1 aromatic carbocycles. The fraction of sp³-hybridized carbons (Fsp3) is 0.0909. The molecule has 1 heterocycles. The van der Waals surface area contributed by atoms with Crippen LogP contribution in [-0.2, 0) is 0 Å². The smallest absolute Gasteiger partial charge is 0.201 e. The van der Waals surface area contributed by atoms with E-state index in [1.165, 1.54) is 0 Å². The summed E-state index contributed by atoms with van der Waals surface area (Å²) in [5.41, 5.74) is 1.12. The third kappa shape index (κ3) is 1.92. The second-order valence-corrected chi connectivity index (χ2v) is 4.04. The van der Waals surface area contributed by atoms with Gasteiger partial charge in [0.15, 0.2) is 3.77 Å². The zero-order valence-corrected chi connectivity index (χ0v) is 9.93. The molecule has 2 aromatic rings. The van der Waals surface area contributed by atoms with Gasteiger partial charge in [0.05, 0.1) is 0 Å². The van der Waals surface area contributed by atoms with Crippen LogP contribution in [0.2, 0.25) is 0 Å². The van der Waals surface area contributed by atoms with Gasteiger partial charge in [0.25, 0.3) is 0 Å². The predicted molar refractivity (Wildman–Crippen MR) is 65.9 cm³/mol. The lowest BCUT2D eigenvalue weighted by Gasteiger charge is -2.15. The summed E-state index contributed by atoms with van der Waals surface area (Å²) in [5.74, 6) is 0.862.